The number of alkyl halides is 3. The van der Waals surface area contributed by atoms with Crippen LogP contribution in [0.25, 0.3) is 6.08 Å². The van der Waals surface area contributed by atoms with Crippen LogP contribution < -0.4 is 10.5 Å². The van der Waals surface area contributed by atoms with Gasteiger partial charge in [0.1, 0.15) is 0 Å². The number of rotatable bonds is 6. The summed E-state index contributed by atoms with van der Waals surface area (Å²) in [5.41, 5.74) is -0.00526. The predicted octanol–water partition coefficient (Wildman–Crippen LogP) is 3.38. The van der Waals surface area contributed by atoms with Crippen molar-refractivity contribution < 1.29 is 26.4 Å². The number of amides is 1. The fourth-order valence-corrected chi connectivity index (χ4v) is 3.01. The lowest BCUT2D eigenvalue weighted by Crippen LogP contribution is -2.23. The van der Waals surface area contributed by atoms with Crippen LogP contribution in [0.1, 0.15) is 16.7 Å². The predicted molar refractivity (Wildman–Crippen MR) is 100 cm³/mol. The summed E-state index contributed by atoms with van der Waals surface area (Å²) in [5, 5.41) is 7.18. The number of halogens is 4. The van der Waals surface area contributed by atoms with Crippen LogP contribution in [0.4, 0.5) is 13.2 Å². The largest absolute Gasteiger partial charge is 0.417 e. The molecule has 28 heavy (non-hydrogen) atoms. The third-order valence-electron chi connectivity index (χ3n) is 3.69. The molecule has 0 saturated heterocycles. The second kappa shape index (κ2) is 8.76. The van der Waals surface area contributed by atoms with Gasteiger partial charge in [0, 0.05) is 12.6 Å². The van der Waals surface area contributed by atoms with Crippen LogP contribution in [0.15, 0.2) is 53.4 Å². The third-order valence-corrected chi connectivity index (χ3v) is 4.95. The standard InChI is InChI=1S/C18H16ClF3N2O3S/c19-16-7-3-13(11-15(16)18(20,21)22)4-8-17(25)24-10-9-12-1-5-14(6-2-12)28(23,26)27/h1-8,11H,9-10H2,(H,24,25)(H2,23,26,27)/b8-4+. The second-order valence-corrected chi connectivity index (χ2v) is 7.77. The van der Waals surface area contributed by atoms with Crippen LogP contribution in [-0.4, -0.2) is 20.9 Å². The number of primary sulfonamides is 1. The van der Waals surface area contributed by atoms with Crippen LogP contribution in [0.5, 0.6) is 0 Å². The summed E-state index contributed by atoms with van der Waals surface area (Å²) in [6.45, 7) is 0.256. The van der Waals surface area contributed by atoms with Crippen LogP contribution in [0.3, 0.4) is 0 Å². The summed E-state index contributed by atoms with van der Waals surface area (Å²) in [6, 6.07) is 9.24. The molecule has 0 radical (unpaired) electrons. The van der Waals surface area contributed by atoms with E-state index in [1.165, 1.54) is 24.3 Å². The molecule has 5 nitrogen and oxygen atoms in total. The summed E-state index contributed by atoms with van der Waals surface area (Å²) < 4.78 is 60.8. The first kappa shape index (κ1) is 21.9. The zero-order chi connectivity index (χ0) is 20.9. The van der Waals surface area contributed by atoms with Gasteiger partial charge in [-0.1, -0.05) is 29.8 Å². The summed E-state index contributed by atoms with van der Waals surface area (Å²) in [5.74, 6) is -0.482. The molecule has 0 heterocycles. The molecule has 0 bridgehead atoms. The van der Waals surface area contributed by atoms with Gasteiger partial charge in [-0.25, -0.2) is 13.6 Å². The zero-order valence-corrected chi connectivity index (χ0v) is 15.9. The highest BCUT2D eigenvalue weighted by atomic mass is 35.5. The van der Waals surface area contributed by atoms with Gasteiger partial charge in [0.05, 0.1) is 15.5 Å². The maximum Gasteiger partial charge on any atom is 0.417 e. The fourth-order valence-electron chi connectivity index (χ4n) is 2.27. The number of carbonyl (C=O) groups is 1. The van der Waals surface area contributed by atoms with Gasteiger partial charge < -0.3 is 5.32 Å². The molecule has 150 valence electrons. The first-order chi connectivity index (χ1) is 13.0. The number of nitrogens with one attached hydrogen (secondary N) is 1. The molecule has 2 aromatic carbocycles. The summed E-state index contributed by atoms with van der Waals surface area (Å²) >= 11 is 5.54. The minimum absolute atomic E-state index is 0.00981. The molecule has 2 aromatic rings. The highest BCUT2D eigenvalue weighted by Crippen LogP contribution is 2.35. The van der Waals surface area contributed by atoms with Gasteiger partial charge in [0.2, 0.25) is 15.9 Å². The van der Waals surface area contributed by atoms with Crippen LogP contribution in [0.2, 0.25) is 5.02 Å². The van der Waals surface area contributed by atoms with Crippen molar-refractivity contribution in [3.05, 3.63) is 70.3 Å². The highest BCUT2D eigenvalue weighted by molar-refractivity contribution is 7.89. The summed E-state index contributed by atoms with van der Waals surface area (Å²) in [7, 11) is -3.76. The Morgan fingerprint density at radius 3 is 2.36 bits per heavy atom. The Kier molecular flexibility index (Phi) is 6.87. The molecule has 0 aliphatic heterocycles. The van der Waals surface area contributed by atoms with E-state index in [2.05, 4.69) is 5.32 Å². The Labute approximate surface area is 165 Å². The first-order valence-corrected chi connectivity index (χ1v) is 9.83. The molecule has 0 unspecified atom stereocenters. The molecule has 0 aliphatic rings. The van der Waals surface area contributed by atoms with Crippen molar-refractivity contribution in [2.24, 2.45) is 5.14 Å². The molecular weight excluding hydrogens is 417 g/mol. The van der Waals surface area contributed by atoms with E-state index < -0.39 is 32.7 Å². The minimum atomic E-state index is -4.58. The molecule has 0 atom stereocenters. The Balaban J connectivity index is 1.91. The number of sulfonamides is 1. The number of carbonyl (C=O) groups excluding carboxylic acids is 1. The first-order valence-electron chi connectivity index (χ1n) is 7.91. The zero-order valence-electron chi connectivity index (χ0n) is 14.3. The molecule has 0 fully saturated rings. The van der Waals surface area contributed by atoms with Gasteiger partial charge in [-0.3, -0.25) is 4.79 Å². The number of hydrogen-bond donors (Lipinski definition) is 2. The van der Waals surface area contributed by atoms with Crippen molar-refractivity contribution in [2.45, 2.75) is 17.5 Å². The smallest absolute Gasteiger partial charge is 0.352 e. The highest BCUT2D eigenvalue weighted by Gasteiger charge is 2.33. The molecule has 0 saturated carbocycles. The molecule has 0 aliphatic carbocycles. The van der Waals surface area contributed by atoms with Crippen molar-refractivity contribution in [3.8, 4) is 0 Å². The Bertz CT molecular complexity index is 988. The molecule has 10 heteroatoms. The number of hydrogen-bond acceptors (Lipinski definition) is 3. The lowest BCUT2D eigenvalue weighted by atomic mass is 10.1. The lowest BCUT2D eigenvalue weighted by Gasteiger charge is -2.09. The molecule has 1 amide bonds. The van der Waals surface area contributed by atoms with Crippen LogP contribution in [0, 0.1) is 0 Å². The van der Waals surface area contributed by atoms with Gasteiger partial charge >= 0.3 is 6.18 Å². The van der Waals surface area contributed by atoms with E-state index in [4.69, 9.17) is 16.7 Å². The van der Waals surface area contributed by atoms with Gasteiger partial charge in [0.15, 0.2) is 0 Å². The quantitative estimate of drug-likeness (QED) is 0.686. The van der Waals surface area contributed by atoms with Gasteiger partial charge in [0.25, 0.3) is 0 Å². The van der Waals surface area contributed by atoms with Crippen molar-refractivity contribution in [3.63, 3.8) is 0 Å². The number of benzene rings is 2. The van der Waals surface area contributed by atoms with E-state index >= 15 is 0 Å². The second-order valence-electron chi connectivity index (χ2n) is 5.80. The van der Waals surface area contributed by atoms with E-state index in [-0.39, 0.29) is 17.0 Å². The molecule has 0 spiro atoms. The molecule has 2 rings (SSSR count). The SMILES string of the molecule is NS(=O)(=O)c1ccc(CCNC(=O)/C=C/c2ccc(Cl)c(C(F)(F)F)c2)cc1. The monoisotopic (exact) mass is 432 g/mol. The maximum absolute atomic E-state index is 12.8. The van der Waals surface area contributed by atoms with E-state index in [1.807, 2.05) is 0 Å². The van der Waals surface area contributed by atoms with Crippen LogP contribution >= 0.6 is 11.6 Å². The maximum atomic E-state index is 12.8. The average molecular weight is 433 g/mol. The van der Waals surface area contributed by atoms with Crippen molar-refractivity contribution in [2.75, 3.05) is 6.54 Å². The Morgan fingerprint density at radius 1 is 1.14 bits per heavy atom. The summed E-state index contributed by atoms with van der Waals surface area (Å²) in [4.78, 5) is 11.8. The van der Waals surface area contributed by atoms with Crippen molar-refractivity contribution >= 4 is 33.6 Å². The molecular formula is C18H16ClF3N2O3S. The van der Waals surface area contributed by atoms with E-state index in [9.17, 15) is 26.4 Å². The topological polar surface area (TPSA) is 89.3 Å². The molecule has 0 aromatic heterocycles. The minimum Gasteiger partial charge on any atom is -0.352 e. The van der Waals surface area contributed by atoms with Gasteiger partial charge in [-0.05, 0) is 47.9 Å². The van der Waals surface area contributed by atoms with E-state index in [1.54, 1.807) is 12.1 Å². The third kappa shape index (κ3) is 6.36. The summed E-state index contributed by atoms with van der Waals surface area (Å²) in [6.07, 6.45) is -1.78. The normalized spacial score (nSPS) is 12.3. The fraction of sp³-hybridized carbons (Fsp3) is 0.167. The van der Waals surface area contributed by atoms with Crippen LogP contribution in [-0.2, 0) is 27.4 Å². The average Bonchev–Trinajstić information content (AvgIpc) is 2.59. The Morgan fingerprint density at radius 2 is 1.79 bits per heavy atom. The molecule has 3 N–H and O–H groups in total. The lowest BCUT2D eigenvalue weighted by molar-refractivity contribution is -0.137. The van der Waals surface area contributed by atoms with Gasteiger partial charge in [-0.2, -0.15) is 13.2 Å². The van der Waals surface area contributed by atoms with Gasteiger partial charge in [-0.15, -0.1) is 0 Å². The van der Waals surface area contributed by atoms with Crippen molar-refractivity contribution in [1.82, 2.24) is 5.32 Å². The van der Waals surface area contributed by atoms with E-state index in [0.29, 0.717) is 6.42 Å². The van der Waals surface area contributed by atoms with E-state index in [0.717, 1.165) is 23.8 Å². The van der Waals surface area contributed by atoms with Crippen molar-refractivity contribution in [1.29, 1.82) is 0 Å². The number of nitrogens with two attached hydrogens (primary N) is 1. The Hall–Kier alpha value is -2.36.